The predicted molar refractivity (Wildman–Crippen MR) is 107 cm³/mol. The minimum absolute atomic E-state index is 0.102. The molecule has 30 heavy (non-hydrogen) atoms. The van der Waals surface area contributed by atoms with Crippen molar-refractivity contribution >= 4 is 17.9 Å². The van der Waals surface area contributed by atoms with Gasteiger partial charge in [-0.15, -0.1) is 0 Å². The summed E-state index contributed by atoms with van der Waals surface area (Å²) in [5.41, 5.74) is 1.12. The van der Waals surface area contributed by atoms with Gasteiger partial charge >= 0.3 is 6.18 Å². The highest BCUT2D eigenvalue weighted by molar-refractivity contribution is 5.96. The number of halogens is 3. The Morgan fingerprint density at radius 2 is 1.77 bits per heavy atom. The molecule has 0 amide bonds. The molecule has 0 atom stereocenters. The SMILES string of the molecule is CCCC(=O)c1ccc(OCc2coc(C=Cc3ccc(C(F)(F)F)cc3)n2)cc1. The molecule has 0 aliphatic heterocycles. The molecule has 3 aromatic rings. The van der Waals surface area contributed by atoms with E-state index >= 15 is 0 Å². The monoisotopic (exact) mass is 415 g/mol. The second-order valence-corrected chi connectivity index (χ2v) is 6.62. The van der Waals surface area contributed by atoms with Crippen LogP contribution in [0.1, 0.15) is 52.8 Å². The number of carbonyl (C=O) groups excluding carboxylic acids is 1. The Balaban J connectivity index is 1.55. The first-order chi connectivity index (χ1) is 14.3. The molecule has 0 radical (unpaired) electrons. The van der Waals surface area contributed by atoms with E-state index in [2.05, 4.69) is 4.98 Å². The fourth-order valence-electron chi connectivity index (χ4n) is 2.68. The highest BCUT2D eigenvalue weighted by Crippen LogP contribution is 2.29. The molecule has 0 saturated heterocycles. The maximum atomic E-state index is 12.6. The van der Waals surface area contributed by atoms with Gasteiger partial charge in [0.2, 0.25) is 5.89 Å². The van der Waals surface area contributed by atoms with Crippen LogP contribution in [0.3, 0.4) is 0 Å². The lowest BCUT2D eigenvalue weighted by atomic mass is 10.1. The summed E-state index contributed by atoms with van der Waals surface area (Å²) in [4.78, 5) is 16.1. The fourth-order valence-corrected chi connectivity index (χ4v) is 2.68. The van der Waals surface area contributed by atoms with E-state index in [0.29, 0.717) is 34.9 Å². The smallest absolute Gasteiger partial charge is 0.416 e. The third-order valence-corrected chi connectivity index (χ3v) is 4.27. The number of hydrogen-bond acceptors (Lipinski definition) is 4. The first kappa shape index (κ1) is 21.4. The zero-order valence-corrected chi connectivity index (χ0v) is 16.3. The zero-order chi connectivity index (χ0) is 21.6. The van der Waals surface area contributed by atoms with Crippen molar-refractivity contribution in [3.05, 3.63) is 83.1 Å². The van der Waals surface area contributed by atoms with Crippen molar-refractivity contribution in [1.82, 2.24) is 4.98 Å². The molecule has 1 aromatic heterocycles. The van der Waals surface area contributed by atoms with E-state index in [0.717, 1.165) is 18.6 Å². The number of hydrogen-bond donors (Lipinski definition) is 0. The first-order valence-corrected chi connectivity index (χ1v) is 9.41. The Hall–Kier alpha value is -3.35. The molecule has 0 fully saturated rings. The molecule has 0 bridgehead atoms. The Morgan fingerprint density at radius 3 is 2.40 bits per heavy atom. The van der Waals surface area contributed by atoms with Crippen molar-refractivity contribution in [1.29, 1.82) is 0 Å². The summed E-state index contributed by atoms with van der Waals surface area (Å²) in [6.07, 6.45) is 1.60. The van der Waals surface area contributed by atoms with E-state index in [4.69, 9.17) is 9.15 Å². The highest BCUT2D eigenvalue weighted by atomic mass is 19.4. The van der Waals surface area contributed by atoms with Crippen LogP contribution >= 0.6 is 0 Å². The number of carbonyl (C=O) groups is 1. The number of Topliss-reactive ketones (excluding diaryl/α,β-unsaturated/α-hetero) is 1. The van der Waals surface area contributed by atoms with Gasteiger partial charge in [0.1, 0.15) is 24.3 Å². The number of rotatable bonds is 8. The van der Waals surface area contributed by atoms with Gasteiger partial charge in [0.05, 0.1) is 5.56 Å². The Kier molecular flexibility index (Phi) is 6.72. The Morgan fingerprint density at radius 1 is 1.07 bits per heavy atom. The third kappa shape index (κ3) is 5.83. The summed E-state index contributed by atoms with van der Waals surface area (Å²) in [7, 11) is 0. The summed E-state index contributed by atoms with van der Waals surface area (Å²) in [5.74, 6) is 1.02. The molecule has 156 valence electrons. The number of nitrogens with zero attached hydrogens (tertiary/aromatic N) is 1. The van der Waals surface area contributed by atoms with Crippen molar-refractivity contribution in [2.24, 2.45) is 0 Å². The number of ketones is 1. The lowest BCUT2D eigenvalue weighted by Gasteiger charge is -2.05. The number of aromatic nitrogens is 1. The van der Waals surface area contributed by atoms with Crippen LogP contribution < -0.4 is 4.74 Å². The molecule has 7 heteroatoms. The molecule has 1 heterocycles. The van der Waals surface area contributed by atoms with Gasteiger partial charge in [-0.25, -0.2) is 4.98 Å². The molecule has 0 unspecified atom stereocenters. The summed E-state index contributed by atoms with van der Waals surface area (Å²) < 4.78 is 48.7. The zero-order valence-electron chi connectivity index (χ0n) is 16.3. The van der Waals surface area contributed by atoms with E-state index in [-0.39, 0.29) is 12.4 Å². The van der Waals surface area contributed by atoms with E-state index in [1.807, 2.05) is 6.92 Å². The second kappa shape index (κ2) is 9.43. The van der Waals surface area contributed by atoms with Crippen LogP contribution in [0.2, 0.25) is 0 Å². The van der Waals surface area contributed by atoms with Crippen LogP contribution in [0.4, 0.5) is 13.2 Å². The summed E-state index contributed by atoms with van der Waals surface area (Å²) in [6.45, 7) is 2.14. The Bertz CT molecular complexity index is 1000. The van der Waals surface area contributed by atoms with Crippen molar-refractivity contribution < 1.29 is 27.1 Å². The molecule has 4 nitrogen and oxygen atoms in total. The fraction of sp³-hybridized carbons (Fsp3) is 0.217. The normalized spacial score (nSPS) is 11.7. The minimum atomic E-state index is -4.36. The van der Waals surface area contributed by atoms with Crippen LogP contribution in [0.15, 0.2) is 59.2 Å². The van der Waals surface area contributed by atoms with Crippen LogP contribution in [0.5, 0.6) is 5.75 Å². The van der Waals surface area contributed by atoms with Gasteiger partial charge in [0.25, 0.3) is 0 Å². The topological polar surface area (TPSA) is 52.3 Å². The average Bonchev–Trinajstić information content (AvgIpc) is 3.19. The standard InChI is InChI=1S/C23H20F3NO3/c1-2-3-21(28)17-7-11-20(12-8-17)29-14-19-15-30-22(27-19)13-6-16-4-9-18(10-5-16)23(24,25)26/h4-13,15H,2-3,14H2,1H3. The van der Waals surface area contributed by atoms with E-state index in [9.17, 15) is 18.0 Å². The maximum absolute atomic E-state index is 12.6. The number of alkyl halides is 3. The van der Waals surface area contributed by atoms with Crippen molar-refractivity contribution in [3.8, 4) is 5.75 Å². The summed E-state index contributed by atoms with van der Waals surface area (Å²) in [6, 6.07) is 11.7. The van der Waals surface area contributed by atoms with Crippen LogP contribution in [0.25, 0.3) is 12.2 Å². The number of oxazole rings is 1. The van der Waals surface area contributed by atoms with E-state index in [1.54, 1.807) is 36.4 Å². The van der Waals surface area contributed by atoms with E-state index in [1.165, 1.54) is 18.4 Å². The van der Waals surface area contributed by atoms with Crippen molar-refractivity contribution in [3.63, 3.8) is 0 Å². The molecule has 0 spiro atoms. The van der Waals surface area contributed by atoms with Crippen molar-refractivity contribution in [2.75, 3.05) is 0 Å². The van der Waals surface area contributed by atoms with Crippen molar-refractivity contribution in [2.45, 2.75) is 32.5 Å². The molecule has 0 saturated carbocycles. The first-order valence-electron chi connectivity index (χ1n) is 9.41. The number of ether oxygens (including phenoxy) is 1. The molecule has 0 aliphatic rings. The van der Waals surface area contributed by atoms with Gasteiger partial charge in [-0.3, -0.25) is 4.79 Å². The molecule has 0 N–H and O–H groups in total. The summed E-state index contributed by atoms with van der Waals surface area (Å²) in [5, 5.41) is 0. The largest absolute Gasteiger partial charge is 0.487 e. The molecule has 2 aromatic carbocycles. The molecule has 3 rings (SSSR count). The minimum Gasteiger partial charge on any atom is -0.487 e. The van der Waals surface area contributed by atoms with Crippen LogP contribution in [-0.2, 0) is 12.8 Å². The van der Waals surface area contributed by atoms with Gasteiger partial charge in [0.15, 0.2) is 5.78 Å². The van der Waals surface area contributed by atoms with E-state index < -0.39 is 11.7 Å². The lowest BCUT2D eigenvalue weighted by molar-refractivity contribution is -0.137. The van der Waals surface area contributed by atoms with Gasteiger partial charge in [-0.1, -0.05) is 19.1 Å². The molecule has 0 aliphatic carbocycles. The third-order valence-electron chi connectivity index (χ3n) is 4.27. The van der Waals surface area contributed by atoms with Crippen LogP contribution in [-0.4, -0.2) is 10.8 Å². The van der Waals surface area contributed by atoms with Gasteiger partial charge < -0.3 is 9.15 Å². The van der Waals surface area contributed by atoms with Crippen LogP contribution in [0, 0.1) is 0 Å². The molecular formula is C23H20F3NO3. The lowest BCUT2D eigenvalue weighted by Crippen LogP contribution is -2.03. The Labute approximate surface area is 172 Å². The number of benzene rings is 2. The quantitative estimate of drug-likeness (QED) is 0.398. The summed E-state index contributed by atoms with van der Waals surface area (Å²) >= 11 is 0. The predicted octanol–water partition coefficient (Wildman–Crippen LogP) is 6.43. The highest BCUT2D eigenvalue weighted by Gasteiger charge is 2.29. The van der Waals surface area contributed by atoms with Gasteiger partial charge in [-0.2, -0.15) is 13.2 Å². The molecular weight excluding hydrogens is 395 g/mol. The van der Waals surface area contributed by atoms with Gasteiger partial charge in [0, 0.05) is 18.1 Å². The van der Waals surface area contributed by atoms with Gasteiger partial charge in [-0.05, 0) is 54.5 Å². The second-order valence-electron chi connectivity index (χ2n) is 6.62. The average molecular weight is 415 g/mol. The maximum Gasteiger partial charge on any atom is 0.416 e.